The lowest BCUT2D eigenvalue weighted by Gasteiger charge is -2.40. The highest BCUT2D eigenvalue weighted by atomic mass is 28.3. The van der Waals surface area contributed by atoms with Crippen LogP contribution in [-0.2, 0) is 22.7 Å². The molecule has 46 heavy (non-hydrogen) atoms. The molecule has 2 aromatic heterocycles. The van der Waals surface area contributed by atoms with E-state index in [2.05, 4.69) is 46.6 Å². The van der Waals surface area contributed by atoms with Gasteiger partial charge in [0.2, 0.25) is 5.91 Å². The van der Waals surface area contributed by atoms with Crippen molar-refractivity contribution in [2.24, 2.45) is 0 Å². The van der Waals surface area contributed by atoms with Crippen LogP contribution in [0.2, 0.25) is 25.7 Å². The van der Waals surface area contributed by atoms with E-state index in [-0.39, 0.29) is 23.3 Å². The van der Waals surface area contributed by atoms with Crippen LogP contribution in [0.1, 0.15) is 27.5 Å². The first-order valence-electron chi connectivity index (χ1n) is 16.0. The fourth-order valence-electron chi connectivity index (χ4n) is 6.21. The van der Waals surface area contributed by atoms with Crippen molar-refractivity contribution in [2.75, 3.05) is 51.3 Å². The largest absolute Gasteiger partial charge is 0.478 e. The third kappa shape index (κ3) is 6.96. The first-order valence-corrected chi connectivity index (χ1v) is 19.7. The zero-order chi connectivity index (χ0) is 32.4. The number of fused-ring (bicyclic) bond motifs is 2. The number of carboxylic acid groups (broad SMARTS) is 1. The molecule has 2 aliphatic heterocycles. The number of anilines is 1. The first-order chi connectivity index (χ1) is 22.1. The maximum absolute atomic E-state index is 13.4. The van der Waals surface area contributed by atoms with Gasteiger partial charge in [-0.3, -0.25) is 9.69 Å². The zero-order valence-electron chi connectivity index (χ0n) is 27.1. The number of piperazine rings is 1. The fraction of sp³-hybridized carbons (Fsp3) is 0.400. The third-order valence-electron chi connectivity index (χ3n) is 8.95. The Morgan fingerprint density at radius 1 is 1.02 bits per heavy atom. The van der Waals surface area contributed by atoms with E-state index in [0.717, 1.165) is 41.4 Å². The number of nitrogens with zero attached hydrogens (tertiary/aromatic N) is 5. The number of carbonyl (C=O) groups is 2. The smallest absolute Gasteiger partial charge is 0.339 e. The van der Waals surface area contributed by atoms with Gasteiger partial charge in [-0.05, 0) is 47.9 Å². The lowest BCUT2D eigenvalue weighted by Crippen LogP contribution is -2.51. The number of rotatable bonds is 10. The van der Waals surface area contributed by atoms with E-state index in [0.29, 0.717) is 45.2 Å². The predicted molar refractivity (Wildman–Crippen MR) is 182 cm³/mol. The summed E-state index contributed by atoms with van der Waals surface area (Å²) in [6, 6.07) is 18.1. The molecular weight excluding hydrogens is 599 g/mol. The maximum atomic E-state index is 13.4. The zero-order valence-corrected chi connectivity index (χ0v) is 28.1. The van der Waals surface area contributed by atoms with Crippen LogP contribution in [0.5, 0.6) is 11.5 Å². The molecular formula is C35H43N5O5Si. The molecule has 0 spiro atoms. The number of likely N-dealkylation sites (N-methyl/N-ethyl adjacent to an activating group) is 1. The molecule has 2 aromatic carbocycles. The van der Waals surface area contributed by atoms with E-state index in [9.17, 15) is 14.7 Å². The second kappa shape index (κ2) is 13.3. The van der Waals surface area contributed by atoms with Gasteiger partial charge in [0.05, 0.1) is 6.20 Å². The molecule has 1 fully saturated rings. The summed E-state index contributed by atoms with van der Waals surface area (Å²) < 4.78 is 14.1. The molecule has 1 amide bonds. The Hall–Kier alpha value is -4.19. The number of hydrogen-bond donors (Lipinski definition) is 1. The summed E-state index contributed by atoms with van der Waals surface area (Å²) in [4.78, 5) is 36.5. The highest BCUT2D eigenvalue weighted by Crippen LogP contribution is 2.34. The number of carboxylic acids is 1. The molecule has 4 heterocycles. The highest BCUT2D eigenvalue weighted by molar-refractivity contribution is 6.76. The monoisotopic (exact) mass is 641 g/mol. The van der Waals surface area contributed by atoms with Crippen molar-refractivity contribution in [1.29, 1.82) is 0 Å². The molecule has 11 heteroatoms. The normalized spacial score (nSPS) is 17.7. The number of ether oxygens (including phenoxy) is 2. The van der Waals surface area contributed by atoms with E-state index < -0.39 is 14.0 Å². The molecule has 0 aliphatic carbocycles. The summed E-state index contributed by atoms with van der Waals surface area (Å²) >= 11 is 0. The molecule has 0 radical (unpaired) electrons. The standard InChI is InChI=1S/C35H43N5O5Si/c1-37-13-11-25-7-5-6-8-29(25)32(34(37)41)39-17-15-38(16-18-39)27-9-10-30(35(42)43)31(22-27)45-28-21-26-12-14-40(33(26)36-23-28)24-44-19-20-46(2,3)4/h5-10,12,14,21-23,32H,11,13,15-20,24H2,1-4H3,(H,42,43). The van der Waals surface area contributed by atoms with Crippen LogP contribution in [0.25, 0.3) is 11.0 Å². The molecule has 1 N–H and O–H groups in total. The SMILES string of the molecule is CN1CCc2ccccc2C(N2CCN(c3ccc(C(=O)O)c(Oc4cnc5c(ccn5COCC[Si](C)(C)C)c4)c3)CC2)C1=O. The average molecular weight is 642 g/mol. The summed E-state index contributed by atoms with van der Waals surface area (Å²) in [5.74, 6) is -0.201. The molecule has 1 atom stereocenters. The Kier molecular flexibility index (Phi) is 9.17. The Balaban J connectivity index is 1.15. The van der Waals surface area contributed by atoms with Gasteiger partial charge in [0, 0.05) is 77.8 Å². The van der Waals surface area contributed by atoms with Crippen LogP contribution in [0.4, 0.5) is 5.69 Å². The summed E-state index contributed by atoms with van der Waals surface area (Å²) in [5.41, 5.74) is 4.07. The van der Waals surface area contributed by atoms with Gasteiger partial charge in [-0.2, -0.15) is 0 Å². The quantitative estimate of drug-likeness (QED) is 0.174. The number of amides is 1. The second-order valence-corrected chi connectivity index (χ2v) is 19.1. The van der Waals surface area contributed by atoms with Crippen molar-refractivity contribution in [3.8, 4) is 11.5 Å². The number of aromatic carboxylic acids is 1. The Labute approximate surface area is 271 Å². The molecule has 10 nitrogen and oxygen atoms in total. The van der Waals surface area contributed by atoms with Gasteiger partial charge >= 0.3 is 5.97 Å². The number of aromatic nitrogens is 2. The number of hydrogen-bond acceptors (Lipinski definition) is 7. The third-order valence-corrected chi connectivity index (χ3v) is 10.7. The van der Waals surface area contributed by atoms with E-state index in [1.165, 1.54) is 5.56 Å². The molecule has 2 aliphatic rings. The Bertz CT molecular complexity index is 1730. The van der Waals surface area contributed by atoms with Gasteiger partial charge in [0.25, 0.3) is 0 Å². The summed E-state index contributed by atoms with van der Waals surface area (Å²) in [6.45, 7) is 11.7. The van der Waals surface area contributed by atoms with Gasteiger partial charge in [-0.25, -0.2) is 9.78 Å². The van der Waals surface area contributed by atoms with Gasteiger partial charge in [0.15, 0.2) is 0 Å². The average Bonchev–Trinajstić information content (AvgIpc) is 3.38. The minimum atomic E-state index is -1.16. The molecule has 242 valence electrons. The van der Waals surface area contributed by atoms with Crippen LogP contribution in [0, 0.1) is 0 Å². The number of pyridine rings is 1. The molecule has 0 saturated carbocycles. The summed E-state index contributed by atoms with van der Waals surface area (Å²) in [5, 5.41) is 10.8. The lowest BCUT2D eigenvalue weighted by molar-refractivity contribution is -0.135. The maximum Gasteiger partial charge on any atom is 0.339 e. The lowest BCUT2D eigenvalue weighted by atomic mass is 9.97. The Morgan fingerprint density at radius 3 is 2.57 bits per heavy atom. The molecule has 1 unspecified atom stereocenters. The second-order valence-electron chi connectivity index (χ2n) is 13.4. The van der Waals surface area contributed by atoms with E-state index in [1.807, 2.05) is 53.0 Å². The highest BCUT2D eigenvalue weighted by Gasteiger charge is 2.35. The van der Waals surface area contributed by atoms with Gasteiger partial charge in [-0.15, -0.1) is 0 Å². The van der Waals surface area contributed by atoms with E-state index in [4.69, 9.17) is 9.47 Å². The van der Waals surface area contributed by atoms with Crippen LogP contribution >= 0.6 is 0 Å². The van der Waals surface area contributed by atoms with Crippen molar-refractivity contribution >= 4 is 36.7 Å². The molecule has 1 saturated heterocycles. The molecule has 6 rings (SSSR count). The van der Waals surface area contributed by atoms with Gasteiger partial charge in [-0.1, -0.05) is 43.9 Å². The minimum Gasteiger partial charge on any atom is -0.478 e. The van der Waals surface area contributed by atoms with Crippen molar-refractivity contribution in [3.63, 3.8) is 0 Å². The van der Waals surface area contributed by atoms with Crippen molar-refractivity contribution in [3.05, 3.63) is 83.7 Å². The van der Waals surface area contributed by atoms with E-state index in [1.54, 1.807) is 18.3 Å². The number of benzene rings is 2. The fourth-order valence-corrected chi connectivity index (χ4v) is 6.97. The van der Waals surface area contributed by atoms with Crippen LogP contribution in [0.3, 0.4) is 0 Å². The number of carbonyl (C=O) groups excluding carboxylic acids is 1. The van der Waals surface area contributed by atoms with Gasteiger partial charge < -0.3 is 28.9 Å². The Morgan fingerprint density at radius 2 is 1.80 bits per heavy atom. The molecule has 0 bridgehead atoms. The topological polar surface area (TPSA) is 100 Å². The van der Waals surface area contributed by atoms with Crippen LogP contribution in [0.15, 0.2) is 67.0 Å². The van der Waals surface area contributed by atoms with Crippen LogP contribution in [-0.4, -0.2) is 90.8 Å². The summed E-state index contributed by atoms with van der Waals surface area (Å²) in [6.07, 6.45) is 4.42. The van der Waals surface area contributed by atoms with Crippen molar-refractivity contribution in [2.45, 2.75) is 44.9 Å². The molecule has 4 aromatic rings. The minimum absolute atomic E-state index is 0.0829. The predicted octanol–water partition coefficient (Wildman–Crippen LogP) is 5.72. The van der Waals surface area contributed by atoms with E-state index >= 15 is 0 Å². The first kappa shape index (κ1) is 31.8. The summed E-state index contributed by atoms with van der Waals surface area (Å²) in [7, 11) is 0.724. The van der Waals surface area contributed by atoms with Gasteiger partial charge in [0.1, 0.15) is 35.5 Å². The van der Waals surface area contributed by atoms with Crippen molar-refractivity contribution < 1.29 is 24.2 Å². The van der Waals surface area contributed by atoms with Crippen LogP contribution < -0.4 is 9.64 Å². The van der Waals surface area contributed by atoms with Crippen molar-refractivity contribution in [1.82, 2.24) is 19.4 Å².